The van der Waals surface area contributed by atoms with Crippen molar-refractivity contribution in [1.29, 1.82) is 0 Å². The molecule has 2 N–H and O–H groups in total. The molecular weight excluding hydrogens is 206 g/mol. The number of nitrogens with two attached hydrogens (primary N) is 1. The van der Waals surface area contributed by atoms with Crippen molar-refractivity contribution in [2.24, 2.45) is 0 Å². The van der Waals surface area contributed by atoms with E-state index in [9.17, 15) is 0 Å². The van der Waals surface area contributed by atoms with Gasteiger partial charge in [0.05, 0.1) is 0 Å². The first-order valence-electron chi connectivity index (χ1n) is 4.00. The Morgan fingerprint density at radius 3 is 2.64 bits per heavy atom. The lowest BCUT2D eigenvalue weighted by Crippen LogP contribution is -2.17. The van der Waals surface area contributed by atoms with E-state index in [-0.39, 0.29) is 11.6 Å². The molecule has 0 aromatic carbocycles. The average Bonchev–Trinajstić information content (AvgIpc) is 2.17. The highest BCUT2D eigenvalue weighted by Gasteiger charge is 2.10. The van der Waals surface area contributed by atoms with Crippen LogP contribution in [-0.4, -0.2) is 30.5 Å². The largest absolute Gasteiger partial charge is 0.383 e. The Bertz CT molecular complexity index is 305. The first-order chi connectivity index (χ1) is 6.67. The zero-order chi connectivity index (χ0) is 10.6. The van der Waals surface area contributed by atoms with Gasteiger partial charge < -0.3 is 15.2 Å². The second kappa shape index (κ2) is 5.09. The summed E-state index contributed by atoms with van der Waals surface area (Å²) in [7, 11) is 3.11. The van der Waals surface area contributed by atoms with Crippen LogP contribution in [0.2, 0.25) is 5.28 Å². The van der Waals surface area contributed by atoms with E-state index >= 15 is 0 Å². The molecular formula is C8H12ClN3O2. The lowest BCUT2D eigenvalue weighted by Gasteiger charge is -2.13. The number of nitrogens with zero attached hydrogens (tertiary/aromatic N) is 2. The highest BCUT2D eigenvalue weighted by Crippen LogP contribution is 2.13. The van der Waals surface area contributed by atoms with Gasteiger partial charge in [-0.25, -0.2) is 9.97 Å². The molecule has 6 heteroatoms. The number of hydrogen-bond donors (Lipinski definition) is 1. The molecule has 1 aromatic rings. The number of aromatic nitrogens is 2. The van der Waals surface area contributed by atoms with Gasteiger partial charge in [0.2, 0.25) is 5.28 Å². The van der Waals surface area contributed by atoms with Gasteiger partial charge in [-0.3, -0.25) is 0 Å². The topological polar surface area (TPSA) is 70.3 Å². The standard InChI is InChI=1S/C8H12ClN3O2/c1-13-6(14-2)3-5-4-11-8(9)12-7(5)10/h4,6H,3H2,1-2H3,(H2,10,11,12). The lowest BCUT2D eigenvalue weighted by atomic mass is 10.2. The van der Waals surface area contributed by atoms with Crippen LogP contribution in [0.1, 0.15) is 5.56 Å². The van der Waals surface area contributed by atoms with E-state index < -0.39 is 0 Å². The van der Waals surface area contributed by atoms with E-state index in [4.69, 9.17) is 26.8 Å². The van der Waals surface area contributed by atoms with Crippen LogP contribution >= 0.6 is 11.6 Å². The molecule has 14 heavy (non-hydrogen) atoms. The number of halogens is 1. The quantitative estimate of drug-likeness (QED) is 0.599. The maximum absolute atomic E-state index is 5.63. The van der Waals surface area contributed by atoms with E-state index in [0.717, 1.165) is 5.56 Å². The zero-order valence-electron chi connectivity index (χ0n) is 8.03. The summed E-state index contributed by atoms with van der Waals surface area (Å²) < 4.78 is 10.0. The van der Waals surface area contributed by atoms with E-state index in [0.29, 0.717) is 12.2 Å². The minimum atomic E-state index is -0.345. The molecule has 0 saturated heterocycles. The van der Waals surface area contributed by atoms with Gasteiger partial charge in [-0.2, -0.15) is 0 Å². The SMILES string of the molecule is COC(Cc1cnc(Cl)nc1N)OC. The van der Waals surface area contributed by atoms with Crippen molar-refractivity contribution in [2.45, 2.75) is 12.7 Å². The Morgan fingerprint density at radius 1 is 1.50 bits per heavy atom. The Hall–Kier alpha value is -0.910. The van der Waals surface area contributed by atoms with Crippen LogP contribution in [0, 0.1) is 0 Å². The van der Waals surface area contributed by atoms with E-state index in [2.05, 4.69) is 9.97 Å². The Labute approximate surface area is 87.2 Å². The predicted molar refractivity (Wildman–Crippen MR) is 53.0 cm³/mol. The number of hydrogen-bond acceptors (Lipinski definition) is 5. The summed E-state index contributed by atoms with van der Waals surface area (Å²) in [6.07, 6.45) is 1.72. The van der Waals surface area contributed by atoms with Crippen molar-refractivity contribution in [2.75, 3.05) is 20.0 Å². The van der Waals surface area contributed by atoms with E-state index in [1.54, 1.807) is 20.4 Å². The van der Waals surface area contributed by atoms with Crippen LogP contribution in [0.15, 0.2) is 6.20 Å². The molecule has 0 atom stereocenters. The first-order valence-corrected chi connectivity index (χ1v) is 4.37. The first kappa shape index (κ1) is 11.2. The molecule has 0 amide bonds. The Kier molecular flexibility index (Phi) is 4.06. The van der Waals surface area contributed by atoms with Crippen LogP contribution < -0.4 is 5.73 Å². The van der Waals surface area contributed by atoms with Crippen LogP contribution in [0.3, 0.4) is 0 Å². The molecule has 0 unspecified atom stereocenters. The molecule has 0 bridgehead atoms. The minimum Gasteiger partial charge on any atom is -0.383 e. The van der Waals surface area contributed by atoms with Crippen molar-refractivity contribution in [3.63, 3.8) is 0 Å². The smallest absolute Gasteiger partial charge is 0.224 e. The number of anilines is 1. The third kappa shape index (κ3) is 2.80. The molecule has 0 radical (unpaired) electrons. The molecule has 5 nitrogen and oxygen atoms in total. The fourth-order valence-electron chi connectivity index (χ4n) is 0.997. The number of ether oxygens (including phenoxy) is 2. The van der Waals surface area contributed by atoms with Crippen LogP contribution in [0.4, 0.5) is 5.82 Å². The fraction of sp³-hybridized carbons (Fsp3) is 0.500. The lowest BCUT2D eigenvalue weighted by molar-refractivity contribution is -0.100. The summed E-state index contributed by atoms with van der Waals surface area (Å²) >= 11 is 5.56. The molecule has 78 valence electrons. The summed E-state index contributed by atoms with van der Waals surface area (Å²) in [5.41, 5.74) is 6.39. The average molecular weight is 218 g/mol. The maximum atomic E-state index is 5.63. The summed E-state index contributed by atoms with van der Waals surface area (Å²) in [4.78, 5) is 7.64. The van der Waals surface area contributed by atoms with Gasteiger partial charge in [-0.15, -0.1) is 0 Å². The van der Waals surface area contributed by atoms with Crippen LogP contribution in [-0.2, 0) is 15.9 Å². The molecule has 0 aliphatic carbocycles. The van der Waals surface area contributed by atoms with Gasteiger partial charge in [-0.05, 0) is 11.6 Å². The van der Waals surface area contributed by atoms with Crippen molar-refractivity contribution >= 4 is 17.4 Å². The molecule has 1 aromatic heterocycles. The number of rotatable bonds is 4. The molecule has 0 aliphatic rings. The van der Waals surface area contributed by atoms with E-state index in [1.165, 1.54) is 0 Å². The maximum Gasteiger partial charge on any atom is 0.224 e. The van der Waals surface area contributed by atoms with Crippen LogP contribution in [0.5, 0.6) is 0 Å². The zero-order valence-corrected chi connectivity index (χ0v) is 8.78. The highest BCUT2D eigenvalue weighted by atomic mass is 35.5. The molecule has 0 fully saturated rings. The normalized spacial score (nSPS) is 10.9. The summed E-state index contributed by atoms with van der Waals surface area (Å²) in [5.74, 6) is 0.351. The predicted octanol–water partition coefficient (Wildman–Crippen LogP) is 0.874. The third-order valence-electron chi connectivity index (χ3n) is 1.78. The molecule has 1 rings (SSSR count). The molecule has 0 spiro atoms. The van der Waals surface area contributed by atoms with Gasteiger partial charge in [-0.1, -0.05) is 0 Å². The van der Waals surface area contributed by atoms with Gasteiger partial charge >= 0.3 is 0 Å². The van der Waals surface area contributed by atoms with Gasteiger partial charge in [0, 0.05) is 32.4 Å². The van der Waals surface area contributed by atoms with E-state index in [1.807, 2.05) is 0 Å². The Balaban J connectivity index is 2.76. The molecule has 0 aliphatic heterocycles. The van der Waals surface area contributed by atoms with Crippen molar-refractivity contribution in [1.82, 2.24) is 9.97 Å². The van der Waals surface area contributed by atoms with Crippen molar-refractivity contribution in [3.05, 3.63) is 17.0 Å². The monoisotopic (exact) mass is 217 g/mol. The molecule has 1 heterocycles. The second-order valence-electron chi connectivity index (χ2n) is 2.65. The molecule has 0 saturated carbocycles. The second-order valence-corrected chi connectivity index (χ2v) is 2.99. The Morgan fingerprint density at radius 2 is 2.14 bits per heavy atom. The minimum absolute atomic E-state index is 0.137. The number of methoxy groups -OCH3 is 2. The van der Waals surface area contributed by atoms with Gasteiger partial charge in [0.1, 0.15) is 5.82 Å². The summed E-state index contributed by atoms with van der Waals surface area (Å²) in [5, 5.41) is 0.137. The third-order valence-corrected chi connectivity index (χ3v) is 1.96. The van der Waals surface area contributed by atoms with Crippen molar-refractivity contribution in [3.8, 4) is 0 Å². The van der Waals surface area contributed by atoms with Gasteiger partial charge in [0.25, 0.3) is 0 Å². The fourth-order valence-corrected chi connectivity index (χ4v) is 1.14. The van der Waals surface area contributed by atoms with Crippen molar-refractivity contribution < 1.29 is 9.47 Å². The summed E-state index contributed by atoms with van der Waals surface area (Å²) in [6, 6.07) is 0. The number of nitrogen functional groups attached to an aromatic ring is 1. The summed E-state index contributed by atoms with van der Waals surface area (Å²) in [6.45, 7) is 0. The van der Waals surface area contributed by atoms with Crippen LogP contribution in [0.25, 0.3) is 0 Å². The highest BCUT2D eigenvalue weighted by molar-refractivity contribution is 6.28. The van der Waals surface area contributed by atoms with Gasteiger partial charge in [0.15, 0.2) is 6.29 Å².